The molecule has 0 heterocycles. The maximum absolute atomic E-state index is 10.8. The van der Waals surface area contributed by atoms with Crippen molar-refractivity contribution >= 4 is 21.8 Å². The highest BCUT2D eigenvalue weighted by molar-refractivity contribution is 7.86. The highest BCUT2D eigenvalue weighted by atomic mass is 32.2. The summed E-state index contributed by atoms with van der Waals surface area (Å²) in [6.07, 6.45) is 0. The third kappa shape index (κ3) is 2.46. The van der Waals surface area contributed by atoms with Gasteiger partial charge < -0.3 is 9.90 Å². The largest absolute Gasteiger partial charge is 0.545 e. The Morgan fingerprint density at radius 2 is 1.88 bits per heavy atom. The summed E-state index contributed by atoms with van der Waals surface area (Å²) in [6.45, 7) is 0. The highest BCUT2D eigenvalue weighted by Crippen LogP contribution is 2.21. The fourth-order valence-electron chi connectivity index (χ4n) is 1.02. The van der Waals surface area contributed by atoms with E-state index in [1.807, 2.05) is 0 Å². The standard InChI is InChI=1S/C7H7NO7S/c9-7(10)5-2-1-4(8(11)12)3-6(5)16(13,14)15/h1-3,11-12H,(H,9,10)(H,13,14,15)/p-1. The van der Waals surface area contributed by atoms with Crippen molar-refractivity contribution in [3.63, 3.8) is 0 Å². The molecule has 8 nitrogen and oxygen atoms in total. The van der Waals surface area contributed by atoms with Crippen LogP contribution in [0.25, 0.3) is 0 Å². The number of rotatable bonds is 3. The van der Waals surface area contributed by atoms with Crippen LogP contribution in [0.4, 0.5) is 5.69 Å². The van der Waals surface area contributed by atoms with Gasteiger partial charge in [0.15, 0.2) is 0 Å². The minimum atomic E-state index is -4.80. The van der Waals surface area contributed by atoms with Gasteiger partial charge in [0.1, 0.15) is 4.90 Å². The summed E-state index contributed by atoms with van der Waals surface area (Å²) in [7, 11) is -4.80. The van der Waals surface area contributed by atoms with Crippen LogP contribution in [-0.2, 0) is 10.1 Å². The minimum absolute atomic E-state index is 0.423. The van der Waals surface area contributed by atoms with Crippen molar-refractivity contribution in [1.29, 1.82) is 0 Å². The number of hydrogen-bond acceptors (Lipinski definition) is 7. The van der Waals surface area contributed by atoms with Crippen molar-refractivity contribution in [2.45, 2.75) is 4.90 Å². The Labute approximate surface area is 89.6 Å². The van der Waals surface area contributed by atoms with Crippen LogP contribution in [0.1, 0.15) is 10.4 Å². The lowest BCUT2D eigenvalue weighted by Crippen LogP contribution is -2.25. The molecule has 1 aromatic rings. The number of benzene rings is 1. The van der Waals surface area contributed by atoms with Crippen molar-refractivity contribution < 1.29 is 33.3 Å². The van der Waals surface area contributed by atoms with E-state index in [4.69, 9.17) is 15.0 Å². The summed E-state index contributed by atoms with van der Waals surface area (Å²) in [5, 5.41) is 27.3. The van der Waals surface area contributed by atoms with Gasteiger partial charge in [-0.1, -0.05) is 0 Å². The molecular formula is C7H6NO7S-. The number of nitrogens with zero attached hydrogens (tertiary/aromatic N) is 1. The lowest BCUT2D eigenvalue weighted by atomic mass is 10.2. The molecule has 0 saturated carbocycles. The molecular weight excluding hydrogens is 242 g/mol. The third-order valence-corrected chi connectivity index (χ3v) is 2.59. The second kappa shape index (κ2) is 4.06. The lowest BCUT2D eigenvalue weighted by molar-refractivity contribution is -0.255. The number of carboxylic acid groups (broad SMARTS) is 1. The molecule has 16 heavy (non-hydrogen) atoms. The second-order valence-electron chi connectivity index (χ2n) is 2.73. The molecule has 0 aliphatic heterocycles. The van der Waals surface area contributed by atoms with E-state index in [0.717, 1.165) is 12.1 Å². The minimum Gasteiger partial charge on any atom is -0.545 e. The lowest BCUT2D eigenvalue weighted by Gasteiger charge is -2.12. The van der Waals surface area contributed by atoms with E-state index in [0.29, 0.717) is 6.07 Å². The quantitative estimate of drug-likeness (QED) is 0.451. The van der Waals surface area contributed by atoms with Gasteiger partial charge in [0, 0.05) is 5.56 Å². The van der Waals surface area contributed by atoms with E-state index in [2.05, 4.69) is 0 Å². The Hall–Kier alpha value is -1.68. The van der Waals surface area contributed by atoms with E-state index < -0.39 is 37.5 Å². The zero-order chi connectivity index (χ0) is 12.5. The normalized spacial score (nSPS) is 11.2. The number of carbonyl (C=O) groups is 1. The zero-order valence-electron chi connectivity index (χ0n) is 7.56. The maximum atomic E-state index is 10.8. The molecule has 0 radical (unpaired) electrons. The number of anilines is 1. The molecule has 0 atom stereocenters. The van der Waals surface area contributed by atoms with E-state index >= 15 is 0 Å². The molecule has 88 valence electrons. The van der Waals surface area contributed by atoms with Gasteiger partial charge in [0.05, 0.1) is 11.7 Å². The number of carboxylic acids is 1. The SMILES string of the molecule is O=C([O-])c1ccc(N(O)O)cc1S(=O)(=O)O. The molecule has 1 rings (SSSR count). The topological polar surface area (TPSA) is 138 Å². The van der Waals surface area contributed by atoms with Gasteiger partial charge in [0.2, 0.25) is 0 Å². The molecule has 0 unspecified atom stereocenters. The summed E-state index contributed by atoms with van der Waals surface area (Å²) in [5.74, 6) is -1.82. The summed E-state index contributed by atoms with van der Waals surface area (Å²) in [5.41, 5.74) is -1.22. The van der Waals surface area contributed by atoms with Gasteiger partial charge in [-0.05, 0) is 18.2 Å². The maximum Gasteiger partial charge on any atom is 0.295 e. The van der Waals surface area contributed by atoms with Crippen LogP contribution >= 0.6 is 0 Å². The monoisotopic (exact) mass is 248 g/mol. The molecule has 0 aliphatic rings. The van der Waals surface area contributed by atoms with Crippen LogP contribution < -0.4 is 10.3 Å². The predicted molar refractivity (Wildman–Crippen MR) is 46.6 cm³/mol. The summed E-state index contributed by atoms with van der Waals surface area (Å²) in [4.78, 5) is 9.54. The Balaban J connectivity index is 3.51. The Kier molecular flexibility index (Phi) is 3.14. The highest BCUT2D eigenvalue weighted by Gasteiger charge is 2.18. The fourth-order valence-corrected chi connectivity index (χ4v) is 1.72. The van der Waals surface area contributed by atoms with Crippen LogP contribution in [-0.4, -0.2) is 29.4 Å². The van der Waals surface area contributed by atoms with Gasteiger partial charge in [-0.15, -0.1) is 5.23 Å². The molecule has 0 saturated heterocycles. The first-order chi connectivity index (χ1) is 7.23. The third-order valence-electron chi connectivity index (χ3n) is 1.69. The first-order valence-corrected chi connectivity index (χ1v) is 5.18. The molecule has 9 heteroatoms. The number of aromatic carboxylic acids is 1. The van der Waals surface area contributed by atoms with Gasteiger partial charge in [-0.3, -0.25) is 15.0 Å². The van der Waals surface area contributed by atoms with Crippen LogP contribution in [0, 0.1) is 0 Å². The number of hydrogen-bond donors (Lipinski definition) is 3. The van der Waals surface area contributed by atoms with Crippen molar-refractivity contribution in [2.24, 2.45) is 0 Å². The van der Waals surface area contributed by atoms with Crippen LogP contribution in [0.2, 0.25) is 0 Å². The number of carbonyl (C=O) groups excluding carboxylic acids is 1. The zero-order valence-corrected chi connectivity index (χ0v) is 8.38. The molecule has 0 spiro atoms. The van der Waals surface area contributed by atoms with Crippen LogP contribution in [0.3, 0.4) is 0 Å². The van der Waals surface area contributed by atoms with Gasteiger partial charge in [0.25, 0.3) is 10.1 Å². The second-order valence-corrected chi connectivity index (χ2v) is 4.12. The summed E-state index contributed by atoms with van der Waals surface area (Å²) >= 11 is 0. The van der Waals surface area contributed by atoms with E-state index in [9.17, 15) is 18.3 Å². The van der Waals surface area contributed by atoms with Gasteiger partial charge >= 0.3 is 0 Å². The molecule has 3 N–H and O–H groups in total. The molecule has 0 aromatic heterocycles. The predicted octanol–water partition coefficient (Wildman–Crippen LogP) is -1.12. The van der Waals surface area contributed by atoms with Crippen molar-refractivity contribution in [3.8, 4) is 0 Å². The molecule has 0 amide bonds. The van der Waals surface area contributed by atoms with Gasteiger partial charge in [-0.2, -0.15) is 8.42 Å². The average molecular weight is 248 g/mol. The Morgan fingerprint density at radius 3 is 2.25 bits per heavy atom. The first-order valence-electron chi connectivity index (χ1n) is 3.74. The first kappa shape index (κ1) is 12.4. The molecule has 0 bridgehead atoms. The van der Waals surface area contributed by atoms with E-state index in [1.54, 1.807) is 0 Å². The Bertz CT molecular complexity index is 522. The van der Waals surface area contributed by atoms with Gasteiger partial charge in [-0.25, -0.2) is 0 Å². The molecule has 1 aromatic carbocycles. The fraction of sp³-hybridized carbons (Fsp3) is 0. The van der Waals surface area contributed by atoms with Crippen LogP contribution in [0.5, 0.6) is 0 Å². The summed E-state index contributed by atoms with van der Waals surface area (Å²) in [6, 6.07) is 2.24. The van der Waals surface area contributed by atoms with Crippen molar-refractivity contribution in [1.82, 2.24) is 0 Å². The van der Waals surface area contributed by atoms with E-state index in [-0.39, 0.29) is 0 Å². The van der Waals surface area contributed by atoms with E-state index in [1.165, 1.54) is 0 Å². The van der Waals surface area contributed by atoms with Crippen molar-refractivity contribution in [3.05, 3.63) is 23.8 Å². The smallest absolute Gasteiger partial charge is 0.295 e. The Morgan fingerprint density at radius 1 is 1.31 bits per heavy atom. The average Bonchev–Trinajstić information content (AvgIpc) is 2.15. The molecule has 0 aliphatic carbocycles. The van der Waals surface area contributed by atoms with Crippen LogP contribution in [0.15, 0.2) is 23.1 Å². The molecule has 0 fully saturated rings. The summed E-state index contributed by atoms with van der Waals surface area (Å²) < 4.78 is 30.4. The van der Waals surface area contributed by atoms with Crippen molar-refractivity contribution in [2.75, 3.05) is 5.23 Å².